The molecule has 3 aromatic rings. The molecule has 0 aliphatic rings. The Morgan fingerprint density at radius 3 is 2.89 bits per heavy atom. The van der Waals surface area contributed by atoms with Crippen LogP contribution in [0.1, 0.15) is 11.5 Å². The second-order valence-corrected chi connectivity index (χ2v) is 4.17. The van der Waals surface area contributed by atoms with Gasteiger partial charge in [0.25, 0.3) is 0 Å². The van der Waals surface area contributed by atoms with E-state index in [9.17, 15) is 0 Å². The van der Waals surface area contributed by atoms with Gasteiger partial charge in [-0.1, -0.05) is 34.6 Å². The van der Waals surface area contributed by atoms with Gasteiger partial charge < -0.3 is 10.3 Å². The van der Waals surface area contributed by atoms with Crippen LogP contribution in [0.25, 0.3) is 11.4 Å². The Balaban J connectivity index is 1.86. The molecule has 0 aliphatic heterocycles. The van der Waals surface area contributed by atoms with Gasteiger partial charge in [0.15, 0.2) is 5.82 Å². The molecule has 0 unspecified atom stereocenters. The Labute approximate surface area is 109 Å². The third-order valence-corrected chi connectivity index (χ3v) is 2.71. The summed E-state index contributed by atoms with van der Waals surface area (Å²) >= 11 is 0. The maximum atomic E-state index is 5.49. The molecule has 7 heteroatoms. The summed E-state index contributed by atoms with van der Waals surface area (Å²) in [6, 6.07) is 7.87. The van der Waals surface area contributed by atoms with Crippen LogP contribution in [0, 0.1) is 6.92 Å². The minimum atomic E-state index is 0.350. The van der Waals surface area contributed by atoms with E-state index in [-0.39, 0.29) is 0 Å². The average molecular weight is 256 g/mol. The molecule has 0 spiro atoms. The molecule has 0 amide bonds. The number of aromatic nitrogens is 5. The Bertz CT molecular complexity index is 702. The molecule has 0 saturated heterocycles. The van der Waals surface area contributed by atoms with Crippen molar-refractivity contribution >= 4 is 5.82 Å². The molecule has 0 radical (unpaired) electrons. The van der Waals surface area contributed by atoms with Gasteiger partial charge >= 0.3 is 0 Å². The Morgan fingerprint density at radius 2 is 2.16 bits per heavy atom. The number of benzene rings is 1. The summed E-state index contributed by atoms with van der Waals surface area (Å²) in [4.78, 5) is 4.34. The van der Waals surface area contributed by atoms with Crippen molar-refractivity contribution < 1.29 is 4.52 Å². The van der Waals surface area contributed by atoms with E-state index < -0.39 is 0 Å². The normalized spacial score (nSPS) is 10.8. The molecule has 7 nitrogen and oxygen atoms in total. The van der Waals surface area contributed by atoms with Gasteiger partial charge in [-0.15, -0.1) is 5.10 Å². The zero-order valence-electron chi connectivity index (χ0n) is 10.3. The Morgan fingerprint density at radius 1 is 1.32 bits per heavy atom. The Hall–Kier alpha value is -2.70. The molecule has 2 aromatic heterocycles. The van der Waals surface area contributed by atoms with Crippen molar-refractivity contribution in [3.05, 3.63) is 41.9 Å². The van der Waals surface area contributed by atoms with Gasteiger partial charge in [-0.05, 0) is 12.5 Å². The van der Waals surface area contributed by atoms with E-state index >= 15 is 0 Å². The number of anilines is 1. The third kappa shape index (κ3) is 2.30. The molecular formula is C12H12N6O. The molecule has 0 fully saturated rings. The fraction of sp³-hybridized carbons (Fsp3) is 0.167. The smallest absolute Gasteiger partial charge is 0.248 e. The van der Waals surface area contributed by atoms with E-state index in [4.69, 9.17) is 10.3 Å². The third-order valence-electron chi connectivity index (χ3n) is 2.71. The van der Waals surface area contributed by atoms with Gasteiger partial charge in [-0.3, -0.25) is 0 Å². The first-order valence-electron chi connectivity index (χ1n) is 5.76. The number of nitrogens with two attached hydrogens (primary N) is 1. The summed E-state index contributed by atoms with van der Waals surface area (Å²) in [5, 5.41) is 11.5. The number of nitrogen functional groups attached to an aromatic ring is 1. The van der Waals surface area contributed by atoms with E-state index in [1.54, 1.807) is 10.9 Å². The van der Waals surface area contributed by atoms with E-state index in [0.717, 1.165) is 11.1 Å². The SMILES string of the molecule is Cc1ccccc1-c1noc(Cn2cc(N)nn2)n1. The van der Waals surface area contributed by atoms with Crippen molar-refractivity contribution in [2.24, 2.45) is 0 Å². The molecule has 1 aromatic carbocycles. The molecule has 0 bridgehead atoms. The van der Waals surface area contributed by atoms with Crippen LogP contribution in [0.3, 0.4) is 0 Å². The second-order valence-electron chi connectivity index (χ2n) is 4.17. The van der Waals surface area contributed by atoms with Crippen molar-refractivity contribution in [2.45, 2.75) is 13.5 Å². The highest BCUT2D eigenvalue weighted by molar-refractivity contribution is 5.58. The topological polar surface area (TPSA) is 95.7 Å². The number of rotatable bonds is 3. The van der Waals surface area contributed by atoms with Gasteiger partial charge in [-0.2, -0.15) is 4.98 Å². The van der Waals surface area contributed by atoms with E-state index in [1.165, 1.54) is 0 Å². The van der Waals surface area contributed by atoms with Crippen LogP contribution in [0.4, 0.5) is 5.82 Å². The lowest BCUT2D eigenvalue weighted by Crippen LogP contribution is -2.00. The molecule has 96 valence electrons. The molecule has 0 aliphatic carbocycles. The van der Waals surface area contributed by atoms with Crippen LogP contribution in [-0.4, -0.2) is 25.1 Å². The molecule has 0 saturated carbocycles. The molecule has 19 heavy (non-hydrogen) atoms. The highest BCUT2D eigenvalue weighted by atomic mass is 16.5. The summed E-state index contributed by atoms with van der Waals surface area (Å²) < 4.78 is 6.74. The van der Waals surface area contributed by atoms with E-state index in [2.05, 4.69) is 20.5 Å². The largest absolute Gasteiger partial charge is 0.381 e. The quantitative estimate of drug-likeness (QED) is 0.758. The predicted octanol–water partition coefficient (Wildman–Crippen LogP) is 1.27. The molecule has 2 heterocycles. The first-order valence-corrected chi connectivity index (χ1v) is 5.76. The van der Waals surface area contributed by atoms with Crippen molar-refractivity contribution in [1.82, 2.24) is 25.1 Å². The summed E-state index contributed by atoms with van der Waals surface area (Å²) in [6.45, 7) is 2.35. The number of aryl methyl sites for hydroxylation is 1. The zero-order chi connectivity index (χ0) is 13.2. The minimum absolute atomic E-state index is 0.350. The van der Waals surface area contributed by atoms with Crippen molar-refractivity contribution in [3.8, 4) is 11.4 Å². The number of hydrogen-bond acceptors (Lipinski definition) is 6. The van der Waals surface area contributed by atoms with Crippen molar-refractivity contribution in [3.63, 3.8) is 0 Å². The standard InChI is InChI=1S/C12H12N6O/c1-8-4-2-3-5-9(8)12-14-11(19-16-12)7-18-6-10(13)15-17-18/h2-6H,7,13H2,1H3. The van der Waals surface area contributed by atoms with Gasteiger partial charge in [0.05, 0.1) is 6.20 Å². The van der Waals surface area contributed by atoms with Crippen molar-refractivity contribution in [2.75, 3.05) is 5.73 Å². The van der Waals surface area contributed by atoms with Crippen LogP contribution in [0.15, 0.2) is 35.0 Å². The van der Waals surface area contributed by atoms with Crippen LogP contribution in [0.5, 0.6) is 0 Å². The van der Waals surface area contributed by atoms with Crippen molar-refractivity contribution in [1.29, 1.82) is 0 Å². The van der Waals surface area contributed by atoms with Crippen LogP contribution in [-0.2, 0) is 6.54 Å². The van der Waals surface area contributed by atoms with Gasteiger partial charge in [0.2, 0.25) is 11.7 Å². The average Bonchev–Trinajstić information content (AvgIpc) is 3.00. The molecule has 2 N–H and O–H groups in total. The van der Waals surface area contributed by atoms with Crippen LogP contribution < -0.4 is 5.73 Å². The van der Waals surface area contributed by atoms with Gasteiger partial charge in [0, 0.05) is 5.56 Å². The lowest BCUT2D eigenvalue weighted by molar-refractivity contribution is 0.364. The van der Waals surface area contributed by atoms with E-state index in [1.807, 2.05) is 31.2 Å². The van der Waals surface area contributed by atoms with Crippen LogP contribution >= 0.6 is 0 Å². The summed E-state index contributed by atoms with van der Waals surface area (Å²) in [7, 11) is 0. The fourth-order valence-electron chi connectivity index (χ4n) is 1.78. The first-order chi connectivity index (χ1) is 9.22. The summed E-state index contributed by atoms with van der Waals surface area (Å²) in [6.07, 6.45) is 1.61. The Kier molecular flexibility index (Phi) is 2.71. The van der Waals surface area contributed by atoms with Gasteiger partial charge in [0.1, 0.15) is 6.54 Å². The maximum absolute atomic E-state index is 5.49. The number of hydrogen-bond donors (Lipinski definition) is 1. The highest BCUT2D eigenvalue weighted by Gasteiger charge is 2.11. The van der Waals surface area contributed by atoms with Crippen LogP contribution in [0.2, 0.25) is 0 Å². The first kappa shape index (κ1) is 11.4. The van der Waals surface area contributed by atoms with E-state index in [0.29, 0.717) is 24.1 Å². The molecule has 3 rings (SSSR count). The maximum Gasteiger partial charge on any atom is 0.248 e. The lowest BCUT2D eigenvalue weighted by Gasteiger charge is -1.98. The summed E-state index contributed by atoms with van der Waals surface area (Å²) in [5.41, 5.74) is 7.54. The summed E-state index contributed by atoms with van der Waals surface area (Å²) in [5.74, 6) is 1.39. The second kappa shape index (κ2) is 4.52. The highest BCUT2D eigenvalue weighted by Crippen LogP contribution is 2.19. The predicted molar refractivity (Wildman–Crippen MR) is 68.0 cm³/mol. The lowest BCUT2D eigenvalue weighted by atomic mass is 10.1. The molecule has 0 atom stereocenters. The number of nitrogens with zero attached hydrogens (tertiary/aromatic N) is 5. The van der Waals surface area contributed by atoms with Gasteiger partial charge in [-0.25, -0.2) is 4.68 Å². The fourth-order valence-corrected chi connectivity index (χ4v) is 1.78. The monoisotopic (exact) mass is 256 g/mol. The zero-order valence-corrected chi connectivity index (χ0v) is 10.3. The minimum Gasteiger partial charge on any atom is -0.381 e. The molecular weight excluding hydrogens is 244 g/mol.